The van der Waals surface area contributed by atoms with E-state index in [1.54, 1.807) is 18.5 Å². The highest BCUT2D eigenvalue weighted by atomic mass is 35.5. The molecule has 0 unspecified atom stereocenters. The first-order valence-electron chi connectivity index (χ1n) is 8.87. The number of pyridine rings is 1. The zero-order valence-corrected chi connectivity index (χ0v) is 18.8. The van der Waals surface area contributed by atoms with Crippen LogP contribution in [0.5, 0.6) is 10.9 Å². The van der Waals surface area contributed by atoms with Crippen LogP contribution in [0.1, 0.15) is 23.6 Å². The molecule has 0 saturated carbocycles. The summed E-state index contributed by atoms with van der Waals surface area (Å²) in [5, 5.41) is 1.06. The Bertz CT molecular complexity index is 932. The molecule has 0 aliphatic rings. The van der Waals surface area contributed by atoms with Gasteiger partial charge in [0.15, 0.2) is 5.82 Å². The first-order valence-corrected chi connectivity index (χ1v) is 10.0. The molecule has 0 radical (unpaired) electrons. The predicted molar refractivity (Wildman–Crippen MR) is 118 cm³/mol. The van der Waals surface area contributed by atoms with Gasteiger partial charge in [0.25, 0.3) is 5.19 Å². The van der Waals surface area contributed by atoms with Crippen LogP contribution in [0.2, 0.25) is 5.02 Å². The van der Waals surface area contributed by atoms with Crippen LogP contribution in [-0.2, 0) is 6.42 Å². The highest BCUT2D eigenvalue weighted by Crippen LogP contribution is 2.31. The quantitative estimate of drug-likeness (QED) is 0.481. The molecule has 1 aromatic carbocycles. The van der Waals surface area contributed by atoms with Gasteiger partial charge in [-0.15, -0.1) is 12.4 Å². The number of benzene rings is 1. The Balaban J connectivity index is 0.00000280. The van der Waals surface area contributed by atoms with Crippen LogP contribution in [0.4, 0.5) is 0 Å². The van der Waals surface area contributed by atoms with Gasteiger partial charge in [-0.1, -0.05) is 24.6 Å². The van der Waals surface area contributed by atoms with Crippen molar-refractivity contribution in [3.8, 4) is 22.3 Å². The average molecular weight is 439 g/mol. The van der Waals surface area contributed by atoms with Crippen molar-refractivity contribution in [1.82, 2.24) is 19.2 Å². The molecule has 0 aliphatic carbocycles. The first-order chi connectivity index (χ1) is 13.0. The summed E-state index contributed by atoms with van der Waals surface area (Å²) in [5.41, 5.74) is 4.44. The number of hydrogen-bond acceptors (Lipinski definition) is 6. The summed E-state index contributed by atoms with van der Waals surface area (Å²) in [6, 6.07) is 6.08. The van der Waals surface area contributed by atoms with Crippen molar-refractivity contribution < 1.29 is 4.74 Å². The number of likely N-dealkylation sites (N-methyl/N-ethyl adjacent to an activating group) is 1. The van der Waals surface area contributed by atoms with Gasteiger partial charge >= 0.3 is 0 Å². The third-order valence-corrected chi connectivity index (χ3v) is 5.31. The molecule has 0 bridgehead atoms. The summed E-state index contributed by atoms with van der Waals surface area (Å²) in [6.07, 6.45) is 4.30. The smallest absolute Gasteiger partial charge is 0.299 e. The van der Waals surface area contributed by atoms with Gasteiger partial charge in [0.1, 0.15) is 5.75 Å². The lowest BCUT2D eigenvalue weighted by molar-refractivity contribution is 0.357. The normalized spacial score (nSPS) is 10.8. The van der Waals surface area contributed by atoms with Crippen LogP contribution in [0.3, 0.4) is 0 Å². The van der Waals surface area contributed by atoms with Gasteiger partial charge in [-0.3, -0.25) is 4.98 Å². The second kappa shape index (κ2) is 10.2. The van der Waals surface area contributed by atoms with E-state index in [9.17, 15) is 0 Å². The number of ether oxygens (including phenoxy) is 1. The third-order valence-electron chi connectivity index (χ3n) is 4.50. The summed E-state index contributed by atoms with van der Waals surface area (Å²) >= 11 is 7.21. The predicted octanol–water partition coefficient (Wildman–Crippen LogP) is 5.58. The van der Waals surface area contributed by atoms with E-state index >= 15 is 0 Å². The zero-order chi connectivity index (χ0) is 19.4. The topological polar surface area (TPSA) is 51.1 Å². The second-order valence-electron chi connectivity index (χ2n) is 6.57. The van der Waals surface area contributed by atoms with Crippen molar-refractivity contribution in [2.45, 2.75) is 27.2 Å². The molecule has 0 N–H and O–H groups in total. The number of nitrogens with zero attached hydrogens (tertiary/aromatic N) is 4. The molecule has 2 aromatic heterocycles. The van der Waals surface area contributed by atoms with Gasteiger partial charge in [-0.05, 0) is 62.7 Å². The van der Waals surface area contributed by atoms with E-state index in [2.05, 4.69) is 59.2 Å². The molecule has 8 heteroatoms. The van der Waals surface area contributed by atoms with E-state index in [0.717, 1.165) is 36.4 Å². The van der Waals surface area contributed by atoms with Crippen molar-refractivity contribution in [2.24, 2.45) is 0 Å². The molecular formula is C20H24Cl2N4OS. The van der Waals surface area contributed by atoms with Crippen LogP contribution in [0.25, 0.3) is 11.4 Å². The van der Waals surface area contributed by atoms with E-state index in [-0.39, 0.29) is 12.4 Å². The number of hydrogen-bond donors (Lipinski definition) is 0. The minimum absolute atomic E-state index is 0. The van der Waals surface area contributed by atoms with E-state index in [1.807, 2.05) is 0 Å². The van der Waals surface area contributed by atoms with E-state index < -0.39 is 0 Å². The standard InChI is InChI=1S/C20H23ClN4OS.ClH/c1-5-25(4)7-6-15-8-14(3)18(9-13(15)2)26-20-23-19(24-27-20)16-10-17(21)12-22-11-16;/h8-12H,5-7H2,1-4H3;1H. The zero-order valence-electron chi connectivity index (χ0n) is 16.4. The summed E-state index contributed by atoms with van der Waals surface area (Å²) in [4.78, 5) is 10.8. The van der Waals surface area contributed by atoms with Crippen molar-refractivity contribution in [1.29, 1.82) is 0 Å². The molecule has 0 spiro atoms. The fourth-order valence-electron chi connectivity index (χ4n) is 2.69. The molecule has 5 nitrogen and oxygen atoms in total. The number of aromatic nitrogens is 3. The lowest BCUT2D eigenvalue weighted by Crippen LogP contribution is -2.20. The van der Waals surface area contributed by atoms with Gasteiger partial charge in [-0.25, -0.2) is 0 Å². The van der Waals surface area contributed by atoms with E-state index in [0.29, 0.717) is 16.0 Å². The summed E-state index contributed by atoms with van der Waals surface area (Å²) in [6.45, 7) is 8.46. The molecule has 0 fully saturated rings. The Morgan fingerprint density at radius 3 is 2.64 bits per heavy atom. The minimum atomic E-state index is 0. The van der Waals surface area contributed by atoms with Crippen molar-refractivity contribution in [3.63, 3.8) is 0 Å². The average Bonchev–Trinajstić information content (AvgIpc) is 3.11. The lowest BCUT2D eigenvalue weighted by Gasteiger charge is -2.16. The molecule has 0 saturated heterocycles. The summed E-state index contributed by atoms with van der Waals surface area (Å²) in [5.74, 6) is 1.38. The van der Waals surface area contributed by atoms with Gasteiger partial charge in [0.2, 0.25) is 0 Å². The second-order valence-corrected chi connectivity index (χ2v) is 7.72. The fraction of sp³-hybridized carbons (Fsp3) is 0.350. The molecule has 0 aliphatic heterocycles. The monoisotopic (exact) mass is 438 g/mol. The SMILES string of the molecule is CCN(C)CCc1cc(C)c(Oc2nc(-c3cncc(Cl)c3)ns2)cc1C.Cl. The van der Waals surface area contributed by atoms with Crippen molar-refractivity contribution >= 4 is 35.5 Å². The maximum absolute atomic E-state index is 6.01. The van der Waals surface area contributed by atoms with Crippen LogP contribution >= 0.6 is 35.5 Å². The lowest BCUT2D eigenvalue weighted by atomic mass is 10.0. The first kappa shape index (κ1) is 22.6. The maximum atomic E-state index is 6.01. The molecule has 3 rings (SSSR count). The van der Waals surface area contributed by atoms with Crippen LogP contribution in [0, 0.1) is 13.8 Å². The Morgan fingerprint density at radius 1 is 1.14 bits per heavy atom. The van der Waals surface area contributed by atoms with Gasteiger partial charge in [-0.2, -0.15) is 9.36 Å². The fourth-order valence-corrected chi connectivity index (χ4v) is 3.43. The molecule has 0 amide bonds. The number of rotatable bonds is 7. The number of aryl methyl sites for hydroxylation is 2. The van der Waals surface area contributed by atoms with Crippen LogP contribution in [-0.4, -0.2) is 39.4 Å². The Morgan fingerprint density at radius 2 is 1.93 bits per heavy atom. The van der Waals surface area contributed by atoms with Gasteiger partial charge in [0, 0.05) is 36.0 Å². The molecular weight excluding hydrogens is 415 g/mol. The highest BCUT2D eigenvalue weighted by molar-refractivity contribution is 7.07. The van der Waals surface area contributed by atoms with E-state index in [1.165, 1.54) is 22.7 Å². The molecule has 150 valence electrons. The Hall–Kier alpha value is -1.73. The summed E-state index contributed by atoms with van der Waals surface area (Å²) < 4.78 is 10.4. The maximum Gasteiger partial charge on any atom is 0.299 e. The van der Waals surface area contributed by atoms with Gasteiger partial charge < -0.3 is 9.64 Å². The Kier molecular flexibility index (Phi) is 8.19. The Labute approximate surface area is 181 Å². The van der Waals surface area contributed by atoms with E-state index in [4.69, 9.17) is 16.3 Å². The van der Waals surface area contributed by atoms with Crippen LogP contribution in [0.15, 0.2) is 30.6 Å². The molecule has 2 heterocycles. The molecule has 0 atom stereocenters. The van der Waals surface area contributed by atoms with Crippen molar-refractivity contribution in [2.75, 3.05) is 20.1 Å². The van der Waals surface area contributed by atoms with Crippen molar-refractivity contribution in [3.05, 3.63) is 52.3 Å². The highest BCUT2D eigenvalue weighted by Gasteiger charge is 2.12. The summed E-state index contributed by atoms with van der Waals surface area (Å²) in [7, 11) is 2.14. The third kappa shape index (κ3) is 5.64. The minimum Gasteiger partial charge on any atom is -0.430 e. The van der Waals surface area contributed by atoms with Gasteiger partial charge in [0.05, 0.1) is 5.02 Å². The molecule has 3 aromatic rings. The van der Waals surface area contributed by atoms with Crippen LogP contribution < -0.4 is 4.74 Å². The number of halogens is 2. The largest absolute Gasteiger partial charge is 0.430 e. The molecule has 28 heavy (non-hydrogen) atoms.